The van der Waals surface area contributed by atoms with Crippen molar-refractivity contribution in [3.05, 3.63) is 28.8 Å². The molecule has 2 aliphatic rings. The summed E-state index contributed by atoms with van der Waals surface area (Å²) in [5.74, 6) is -0.295. The van der Waals surface area contributed by atoms with Gasteiger partial charge in [0.15, 0.2) is 0 Å². The predicted octanol–water partition coefficient (Wildman–Crippen LogP) is 3.25. The number of carbonyl (C=O) groups excluding carboxylic acids is 2. The fraction of sp³-hybridized carbons (Fsp3) is 0.619. The molecule has 1 saturated heterocycles. The smallest absolute Gasteiger partial charge is 0.403 e. The van der Waals surface area contributed by atoms with Crippen molar-refractivity contribution in [3.63, 3.8) is 0 Å². The number of nitrogens with one attached hydrogen (secondary N) is 2. The molecule has 31 heavy (non-hydrogen) atoms. The summed E-state index contributed by atoms with van der Waals surface area (Å²) >= 11 is 6.00. The van der Waals surface area contributed by atoms with Gasteiger partial charge in [-0.3, -0.25) is 9.59 Å². The number of carbonyl (C=O) groups is 2. The number of alkyl halides is 3. The molecular formula is C21H27ClF3N3O3. The molecule has 2 N–H and O–H groups in total. The van der Waals surface area contributed by atoms with Gasteiger partial charge in [-0.05, 0) is 62.9 Å². The van der Waals surface area contributed by atoms with E-state index in [1.807, 2.05) is 0 Å². The molecule has 0 bridgehead atoms. The summed E-state index contributed by atoms with van der Waals surface area (Å²) in [6, 6.07) is 4.84. The van der Waals surface area contributed by atoms with E-state index in [2.05, 4.69) is 15.5 Å². The Morgan fingerprint density at radius 3 is 2.45 bits per heavy atom. The highest BCUT2D eigenvalue weighted by atomic mass is 35.5. The first kappa shape index (κ1) is 23.7. The van der Waals surface area contributed by atoms with Crippen molar-refractivity contribution in [1.82, 2.24) is 15.5 Å². The molecular weight excluding hydrogens is 435 g/mol. The fourth-order valence-electron chi connectivity index (χ4n) is 3.83. The molecule has 1 aromatic carbocycles. The number of amides is 2. The van der Waals surface area contributed by atoms with Crippen LogP contribution >= 0.6 is 11.6 Å². The molecule has 172 valence electrons. The highest BCUT2D eigenvalue weighted by Gasteiger charge is 2.68. The summed E-state index contributed by atoms with van der Waals surface area (Å²) in [7, 11) is 1.51. The van der Waals surface area contributed by atoms with E-state index in [-0.39, 0.29) is 25.3 Å². The van der Waals surface area contributed by atoms with Crippen LogP contribution < -0.4 is 15.4 Å². The van der Waals surface area contributed by atoms with E-state index in [0.29, 0.717) is 35.3 Å². The lowest BCUT2D eigenvalue weighted by Crippen LogP contribution is -2.45. The van der Waals surface area contributed by atoms with Gasteiger partial charge >= 0.3 is 6.18 Å². The summed E-state index contributed by atoms with van der Waals surface area (Å²) in [5, 5.41) is 5.79. The van der Waals surface area contributed by atoms with Gasteiger partial charge < -0.3 is 20.3 Å². The van der Waals surface area contributed by atoms with E-state index in [4.69, 9.17) is 16.3 Å². The first-order valence-corrected chi connectivity index (χ1v) is 10.7. The standard InChI is InChI=1S/C21H27ClF3N3O3/c1-31-17-11-15(10-16(22)12-17)18(29)27-13-14-2-7-28(8-3-14)9-6-26-19(30)20(4-5-20)21(23,24)25/h10-12,14H,2-9,13H2,1H3,(H,26,30)(H,27,29). The maximum atomic E-state index is 13.0. The Bertz CT molecular complexity index is 807. The van der Waals surface area contributed by atoms with E-state index in [9.17, 15) is 22.8 Å². The van der Waals surface area contributed by atoms with E-state index in [1.54, 1.807) is 18.2 Å². The van der Waals surface area contributed by atoms with Crippen LogP contribution in [-0.2, 0) is 4.79 Å². The molecule has 1 saturated carbocycles. The number of hydrogen-bond acceptors (Lipinski definition) is 4. The van der Waals surface area contributed by atoms with Crippen LogP contribution in [0.3, 0.4) is 0 Å². The normalized spacial score (nSPS) is 19.0. The highest BCUT2D eigenvalue weighted by molar-refractivity contribution is 6.31. The molecule has 3 rings (SSSR count). The van der Waals surface area contributed by atoms with E-state index < -0.39 is 17.5 Å². The van der Waals surface area contributed by atoms with Gasteiger partial charge in [0, 0.05) is 30.2 Å². The SMILES string of the molecule is COc1cc(Cl)cc(C(=O)NCC2CCN(CCNC(=O)C3(C(F)(F)F)CC3)CC2)c1. The molecule has 0 spiro atoms. The number of rotatable bonds is 8. The fourth-order valence-corrected chi connectivity index (χ4v) is 4.05. The van der Waals surface area contributed by atoms with Crippen LogP contribution in [-0.4, -0.2) is 62.7 Å². The number of ether oxygens (including phenoxy) is 1. The quantitative estimate of drug-likeness (QED) is 0.623. The lowest BCUT2D eigenvalue weighted by Gasteiger charge is -2.32. The third-order valence-electron chi connectivity index (χ3n) is 6.07. The van der Waals surface area contributed by atoms with Crippen molar-refractivity contribution < 1.29 is 27.5 Å². The van der Waals surface area contributed by atoms with Crippen LogP contribution in [0.25, 0.3) is 0 Å². The summed E-state index contributed by atoms with van der Waals surface area (Å²) in [6.07, 6.45) is -3.00. The van der Waals surface area contributed by atoms with E-state index in [1.165, 1.54) is 7.11 Å². The highest BCUT2D eigenvalue weighted by Crippen LogP contribution is 2.57. The van der Waals surface area contributed by atoms with Gasteiger partial charge in [0.05, 0.1) is 7.11 Å². The van der Waals surface area contributed by atoms with Crippen molar-refractivity contribution in [2.45, 2.75) is 31.9 Å². The first-order chi connectivity index (χ1) is 14.6. The maximum Gasteiger partial charge on any atom is 0.403 e. The van der Waals surface area contributed by atoms with Gasteiger partial charge in [0.1, 0.15) is 11.2 Å². The van der Waals surface area contributed by atoms with Crippen LogP contribution in [0.4, 0.5) is 13.2 Å². The second-order valence-corrected chi connectivity index (χ2v) is 8.65. The topological polar surface area (TPSA) is 70.7 Å². The van der Waals surface area contributed by atoms with E-state index >= 15 is 0 Å². The molecule has 1 aliphatic carbocycles. The number of nitrogens with zero attached hydrogens (tertiary/aromatic N) is 1. The minimum absolute atomic E-state index is 0.124. The average Bonchev–Trinajstić information content (AvgIpc) is 3.54. The second-order valence-electron chi connectivity index (χ2n) is 8.21. The Hall–Kier alpha value is -2.00. The third kappa shape index (κ3) is 5.83. The zero-order chi connectivity index (χ0) is 22.6. The molecule has 0 atom stereocenters. The summed E-state index contributed by atoms with van der Waals surface area (Å²) in [4.78, 5) is 26.4. The average molecular weight is 462 g/mol. The molecule has 1 heterocycles. The molecule has 0 radical (unpaired) electrons. The Morgan fingerprint density at radius 1 is 1.19 bits per heavy atom. The zero-order valence-electron chi connectivity index (χ0n) is 17.4. The summed E-state index contributed by atoms with van der Waals surface area (Å²) in [6.45, 7) is 2.79. The van der Waals surface area contributed by atoms with Crippen molar-refractivity contribution in [2.75, 3.05) is 39.8 Å². The second kappa shape index (κ2) is 9.65. The van der Waals surface area contributed by atoms with Gasteiger partial charge in [-0.25, -0.2) is 0 Å². The van der Waals surface area contributed by atoms with Crippen LogP contribution in [0.15, 0.2) is 18.2 Å². The molecule has 6 nitrogen and oxygen atoms in total. The first-order valence-electron chi connectivity index (χ1n) is 10.3. The molecule has 1 aliphatic heterocycles. The van der Waals surface area contributed by atoms with Crippen LogP contribution in [0.1, 0.15) is 36.0 Å². The van der Waals surface area contributed by atoms with Gasteiger partial charge in [-0.2, -0.15) is 13.2 Å². The maximum absolute atomic E-state index is 13.0. The summed E-state index contributed by atoms with van der Waals surface area (Å²) in [5.41, 5.74) is -1.73. The van der Waals surface area contributed by atoms with Crippen LogP contribution in [0.2, 0.25) is 5.02 Å². The Labute approximate surface area is 184 Å². The van der Waals surface area contributed by atoms with Crippen molar-refractivity contribution in [3.8, 4) is 5.75 Å². The van der Waals surface area contributed by atoms with Gasteiger partial charge in [-0.15, -0.1) is 0 Å². The number of hydrogen-bond donors (Lipinski definition) is 2. The van der Waals surface area contributed by atoms with Crippen molar-refractivity contribution in [1.29, 1.82) is 0 Å². The van der Waals surface area contributed by atoms with Crippen molar-refractivity contribution >= 4 is 23.4 Å². The van der Waals surface area contributed by atoms with Gasteiger partial charge in [-0.1, -0.05) is 11.6 Å². The lowest BCUT2D eigenvalue weighted by atomic mass is 9.96. The van der Waals surface area contributed by atoms with Crippen LogP contribution in [0, 0.1) is 11.3 Å². The number of halogens is 4. The van der Waals surface area contributed by atoms with Crippen molar-refractivity contribution in [2.24, 2.45) is 11.3 Å². The minimum atomic E-state index is -4.48. The number of methoxy groups -OCH3 is 1. The monoisotopic (exact) mass is 461 g/mol. The molecule has 1 aromatic rings. The predicted molar refractivity (Wildman–Crippen MR) is 110 cm³/mol. The Kier molecular flexibility index (Phi) is 7.36. The van der Waals surface area contributed by atoms with Crippen LogP contribution in [0.5, 0.6) is 5.75 Å². The largest absolute Gasteiger partial charge is 0.497 e. The number of likely N-dealkylation sites (tertiary alicyclic amines) is 1. The zero-order valence-corrected chi connectivity index (χ0v) is 18.1. The van der Waals surface area contributed by atoms with E-state index in [0.717, 1.165) is 25.9 Å². The molecule has 2 amide bonds. The molecule has 10 heteroatoms. The third-order valence-corrected chi connectivity index (χ3v) is 6.29. The van der Waals surface area contributed by atoms with Gasteiger partial charge in [0.2, 0.25) is 5.91 Å². The number of piperidine rings is 1. The number of benzene rings is 1. The molecule has 0 aromatic heterocycles. The molecule has 0 unspecified atom stereocenters. The lowest BCUT2D eigenvalue weighted by molar-refractivity contribution is -0.192. The Morgan fingerprint density at radius 2 is 1.87 bits per heavy atom. The van der Waals surface area contributed by atoms with Gasteiger partial charge in [0.25, 0.3) is 5.91 Å². The molecule has 2 fully saturated rings. The minimum Gasteiger partial charge on any atom is -0.497 e. The summed E-state index contributed by atoms with van der Waals surface area (Å²) < 4.78 is 44.0. The Balaban J connectivity index is 1.35.